The van der Waals surface area contributed by atoms with Crippen LogP contribution in [-0.4, -0.2) is 48.2 Å². The van der Waals surface area contributed by atoms with Gasteiger partial charge in [-0.3, -0.25) is 9.69 Å². The molecule has 27 heavy (non-hydrogen) atoms. The molecule has 1 atom stereocenters. The largest absolute Gasteiger partial charge is 0.493 e. The first-order valence-corrected chi connectivity index (χ1v) is 9.65. The van der Waals surface area contributed by atoms with E-state index in [1.807, 2.05) is 52.8 Å². The molecule has 1 aliphatic heterocycles. The van der Waals surface area contributed by atoms with Crippen LogP contribution in [0.15, 0.2) is 18.2 Å². The van der Waals surface area contributed by atoms with Crippen LogP contribution in [-0.2, 0) is 9.53 Å². The molecule has 1 heterocycles. The highest BCUT2D eigenvalue weighted by atomic mass is 16.6. The number of benzene rings is 1. The van der Waals surface area contributed by atoms with E-state index in [2.05, 4.69) is 5.32 Å². The molecule has 2 rings (SSSR count). The second-order valence-corrected chi connectivity index (χ2v) is 8.05. The van der Waals surface area contributed by atoms with Gasteiger partial charge >= 0.3 is 6.09 Å². The van der Waals surface area contributed by atoms with Crippen molar-refractivity contribution >= 4 is 12.0 Å². The van der Waals surface area contributed by atoms with Gasteiger partial charge in [0, 0.05) is 13.1 Å². The van der Waals surface area contributed by atoms with Crippen molar-refractivity contribution in [2.45, 2.75) is 65.5 Å². The summed E-state index contributed by atoms with van der Waals surface area (Å²) in [6, 6.07) is 5.61. The van der Waals surface area contributed by atoms with Crippen molar-refractivity contribution in [1.29, 1.82) is 0 Å². The highest BCUT2D eigenvalue weighted by Crippen LogP contribution is 2.23. The Morgan fingerprint density at radius 3 is 2.52 bits per heavy atom. The molecule has 1 fully saturated rings. The van der Waals surface area contributed by atoms with Gasteiger partial charge in [0.2, 0.25) is 5.91 Å². The van der Waals surface area contributed by atoms with Gasteiger partial charge in [-0.1, -0.05) is 18.2 Å². The van der Waals surface area contributed by atoms with Gasteiger partial charge in [0.25, 0.3) is 0 Å². The van der Waals surface area contributed by atoms with Crippen molar-refractivity contribution in [3.63, 3.8) is 0 Å². The van der Waals surface area contributed by atoms with Crippen LogP contribution in [0.2, 0.25) is 0 Å². The SMILES string of the molecule is Cc1cccc(C)c1OCCCNC(=O)C1CCCN1C(=O)OC(C)(C)C. The first-order valence-electron chi connectivity index (χ1n) is 9.65. The summed E-state index contributed by atoms with van der Waals surface area (Å²) in [7, 11) is 0. The van der Waals surface area contributed by atoms with E-state index in [1.54, 1.807) is 0 Å². The zero-order valence-electron chi connectivity index (χ0n) is 17.1. The normalized spacial score (nSPS) is 16.9. The number of carbonyl (C=O) groups excluding carboxylic acids is 2. The first-order chi connectivity index (χ1) is 12.7. The van der Waals surface area contributed by atoms with Crippen LogP contribution < -0.4 is 10.1 Å². The number of nitrogens with zero attached hydrogens (tertiary/aromatic N) is 1. The molecule has 0 aromatic heterocycles. The standard InChI is InChI=1S/C21H32N2O4/c1-15-9-6-10-16(2)18(15)26-14-8-12-22-19(24)17-11-7-13-23(17)20(25)27-21(3,4)5/h6,9-10,17H,7-8,11-14H2,1-5H3,(H,22,24). The van der Waals surface area contributed by atoms with E-state index in [0.29, 0.717) is 32.5 Å². The molecule has 1 saturated heterocycles. The Hall–Kier alpha value is -2.24. The fourth-order valence-electron chi connectivity index (χ4n) is 3.18. The minimum Gasteiger partial charge on any atom is -0.493 e. The predicted molar refractivity (Wildman–Crippen MR) is 105 cm³/mol. The summed E-state index contributed by atoms with van der Waals surface area (Å²) < 4.78 is 11.3. The van der Waals surface area contributed by atoms with E-state index in [9.17, 15) is 9.59 Å². The lowest BCUT2D eigenvalue weighted by atomic mass is 10.1. The molecule has 2 amide bonds. The van der Waals surface area contributed by atoms with Crippen LogP contribution in [0, 0.1) is 13.8 Å². The fourth-order valence-corrected chi connectivity index (χ4v) is 3.18. The molecule has 6 nitrogen and oxygen atoms in total. The topological polar surface area (TPSA) is 67.9 Å². The molecule has 1 aromatic carbocycles. The first kappa shape index (κ1) is 21.1. The van der Waals surface area contributed by atoms with E-state index >= 15 is 0 Å². The summed E-state index contributed by atoms with van der Waals surface area (Å²) in [6.45, 7) is 11.1. The van der Waals surface area contributed by atoms with Gasteiger partial charge in [0.15, 0.2) is 0 Å². The van der Waals surface area contributed by atoms with Crippen LogP contribution in [0.1, 0.15) is 51.2 Å². The molecule has 150 valence electrons. The number of amides is 2. The number of likely N-dealkylation sites (tertiary alicyclic amines) is 1. The number of hydrogen-bond acceptors (Lipinski definition) is 4. The molecule has 1 aliphatic rings. The van der Waals surface area contributed by atoms with E-state index in [4.69, 9.17) is 9.47 Å². The summed E-state index contributed by atoms with van der Waals surface area (Å²) in [5, 5.41) is 2.92. The maximum atomic E-state index is 12.5. The molecule has 1 aromatic rings. The Morgan fingerprint density at radius 1 is 1.22 bits per heavy atom. The summed E-state index contributed by atoms with van der Waals surface area (Å²) >= 11 is 0. The Labute approximate surface area is 162 Å². The van der Waals surface area contributed by atoms with E-state index in [0.717, 1.165) is 23.3 Å². The molecule has 0 saturated carbocycles. The monoisotopic (exact) mass is 376 g/mol. The molecule has 6 heteroatoms. The molecule has 1 N–H and O–H groups in total. The lowest BCUT2D eigenvalue weighted by Crippen LogP contribution is -2.47. The highest BCUT2D eigenvalue weighted by Gasteiger charge is 2.36. The molecule has 0 aliphatic carbocycles. The van der Waals surface area contributed by atoms with E-state index in [1.165, 1.54) is 4.90 Å². The smallest absolute Gasteiger partial charge is 0.410 e. The Kier molecular flexibility index (Phi) is 7.11. The maximum absolute atomic E-state index is 12.5. The number of rotatable bonds is 6. The molecule has 0 bridgehead atoms. The highest BCUT2D eigenvalue weighted by molar-refractivity contribution is 5.86. The van der Waals surface area contributed by atoms with Crippen molar-refractivity contribution in [3.8, 4) is 5.75 Å². The number of hydrogen-bond donors (Lipinski definition) is 1. The third-order valence-corrected chi connectivity index (χ3v) is 4.46. The van der Waals surface area contributed by atoms with E-state index in [-0.39, 0.29) is 5.91 Å². The van der Waals surface area contributed by atoms with Crippen LogP contribution in [0.25, 0.3) is 0 Å². The minimum atomic E-state index is -0.564. The summed E-state index contributed by atoms with van der Waals surface area (Å²) in [6.07, 6.45) is 1.77. The summed E-state index contributed by atoms with van der Waals surface area (Å²) in [5.74, 6) is 0.793. The number of ether oxygens (including phenoxy) is 2. The van der Waals surface area contributed by atoms with Crippen molar-refractivity contribution < 1.29 is 19.1 Å². The van der Waals surface area contributed by atoms with Gasteiger partial charge in [0.1, 0.15) is 17.4 Å². The quantitative estimate of drug-likeness (QED) is 0.771. The Balaban J connectivity index is 1.75. The summed E-state index contributed by atoms with van der Waals surface area (Å²) in [5.41, 5.74) is 1.65. The van der Waals surface area contributed by atoms with Crippen molar-refractivity contribution in [1.82, 2.24) is 10.2 Å². The van der Waals surface area contributed by atoms with Crippen LogP contribution in [0.4, 0.5) is 4.79 Å². The fraction of sp³-hybridized carbons (Fsp3) is 0.619. The lowest BCUT2D eigenvalue weighted by molar-refractivity contribution is -0.125. The Bertz CT molecular complexity index is 646. The molecular formula is C21H32N2O4. The Morgan fingerprint density at radius 2 is 1.89 bits per heavy atom. The predicted octanol–water partition coefficient (Wildman–Crippen LogP) is 3.59. The molecule has 0 radical (unpaired) electrons. The number of carbonyl (C=O) groups is 2. The van der Waals surface area contributed by atoms with E-state index < -0.39 is 17.7 Å². The number of aryl methyl sites for hydroxylation is 2. The zero-order valence-corrected chi connectivity index (χ0v) is 17.1. The van der Waals surface area contributed by atoms with Gasteiger partial charge in [-0.05, 0) is 65.0 Å². The van der Waals surface area contributed by atoms with Crippen LogP contribution in [0.3, 0.4) is 0 Å². The third kappa shape index (κ3) is 6.15. The van der Waals surface area contributed by atoms with Gasteiger partial charge in [0.05, 0.1) is 6.61 Å². The summed E-state index contributed by atoms with van der Waals surface area (Å²) in [4.78, 5) is 26.3. The lowest BCUT2D eigenvalue weighted by Gasteiger charge is -2.28. The van der Waals surface area contributed by atoms with Gasteiger partial charge in [-0.25, -0.2) is 4.79 Å². The third-order valence-electron chi connectivity index (χ3n) is 4.46. The number of nitrogens with one attached hydrogen (secondary N) is 1. The number of para-hydroxylation sites is 1. The molecule has 1 unspecified atom stereocenters. The second-order valence-electron chi connectivity index (χ2n) is 8.05. The van der Waals surface area contributed by atoms with Gasteiger partial charge < -0.3 is 14.8 Å². The second kappa shape index (κ2) is 9.11. The van der Waals surface area contributed by atoms with Gasteiger partial charge in [-0.2, -0.15) is 0 Å². The van der Waals surface area contributed by atoms with Crippen molar-refractivity contribution in [2.75, 3.05) is 19.7 Å². The average Bonchev–Trinajstić information content (AvgIpc) is 3.05. The van der Waals surface area contributed by atoms with Crippen molar-refractivity contribution in [2.24, 2.45) is 0 Å². The maximum Gasteiger partial charge on any atom is 0.410 e. The molecule has 0 spiro atoms. The molecular weight excluding hydrogens is 344 g/mol. The minimum absolute atomic E-state index is 0.120. The van der Waals surface area contributed by atoms with Crippen molar-refractivity contribution in [3.05, 3.63) is 29.3 Å². The average molecular weight is 376 g/mol. The van der Waals surface area contributed by atoms with Crippen LogP contribution in [0.5, 0.6) is 5.75 Å². The van der Waals surface area contributed by atoms with Crippen LogP contribution >= 0.6 is 0 Å². The zero-order chi connectivity index (χ0) is 20.0. The van der Waals surface area contributed by atoms with Gasteiger partial charge in [-0.15, -0.1) is 0 Å².